The van der Waals surface area contributed by atoms with E-state index < -0.39 is 5.60 Å². The molecule has 4 nitrogen and oxygen atoms in total. The summed E-state index contributed by atoms with van der Waals surface area (Å²) in [6.45, 7) is 0.713. The predicted octanol–water partition coefficient (Wildman–Crippen LogP) is 1.14. The van der Waals surface area contributed by atoms with Crippen molar-refractivity contribution in [2.45, 2.75) is 42.5 Å². The maximum absolute atomic E-state index is 12.4. The third-order valence-corrected chi connectivity index (χ3v) is 5.41. The molecule has 1 aromatic carbocycles. The van der Waals surface area contributed by atoms with Crippen LogP contribution in [-0.4, -0.2) is 30.3 Å². The Morgan fingerprint density at radius 3 is 3.00 bits per heavy atom. The van der Waals surface area contributed by atoms with Crippen molar-refractivity contribution in [2.75, 3.05) is 6.54 Å². The van der Waals surface area contributed by atoms with Gasteiger partial charge in [-0.05, 0) is 25.3 Å². The fourth-order valence-corrected chi connectivity index (χ4v) is 4.65. The number of fused-ring (bicyclic) bond motifs is 1. The Balaban J connectivity index is 1.79. The van der Waals surface area contributed by atoms with Crippen LogP contribution in [0.1, 0.15) is 24.8 Å². The second-order valence-electron chi connectivity index (χ2n) is 6.00. The zero-order chi connectivity index (χ0) is 12.7. The second kappa shape index (κ2) is 2.96. The number of amides is 1. The lowest BCUT2D eigenvalue weighted by molar-refractivity contribution is -0.134. The number of nitrogens with one attached hydrogen (secondary N) is 1. The summed E-state index contributed by atoms with van der Waals surface area (Å²) >= 11 is 0. The van der Waals surface area contributed by atoms with Gasteiger partial charge in [0.1, 0.15) is 11.9 Å². The van der Waals surface area contributed by atoms with Crippen molar-refractivity contribution >= 4 is 5.91 Å². The molecule has 1 aliphatic carbocycles. The van der Waals surface area contributed by atoms with E-state index in [1.165, 1.54) is 5.56 Å². The molecule has 98 valence electrons. The summed E-state index contributed by atoms with van der Waals surface area (Å²) in [5.41, 5.74) is 0.271. The van der Waals surface area contributed by atoms with E-state index in [4.69, 9.17) is 9.47 Å². The average molecular weight is 257 g/mol. The van der Waals surface area contributed by atoms with Crippen LogP contribution in [0.3, 0.4) is 0 Å². The van der Waals surface area contributed by atoms with Crippen molar-refractivity contribution in [3.05, 3.63) is 29.8 Å². The monoisotopic (exact) mass is 257 g/mol. The van der Waals surface area contributed by atoms with Gasteiger partial charge in [-0.2, -0.15) is 0 Å². The van der Waals surface area contributed by atoms with E-state index >= 15 is 0 Å². The lowest BCUT2D eigenvalue weighted by Crippen LogP contribution is -2.65. The number of hydrogen-bond acceptors (Lipinski definition) is 3. The van der Waals surface area contributed by atoms with Crippen molar-refractivity contribution in [1.82, 2.24) is 5.32 Å². The number of carbonyl (C=O) groups is 1. The topological polar surface area (TPSA) is 50.9 Å². The Hall–Kier alpha value is -1.55. The first kappa shape index (κ1) is 10.3. The number of carbonyl (C=O) groups excluding carboxylic acids is 1. The van der Waals surface area contributed by atoms with Crippen LogP contribution >= 0.6 is 0 Å². The highest BCUT2D eigenvalue weighted by Crippen LogP contribution is 2.66. The number of piperidine rings is 1. The smallest absolute Gasteiger partial charge is 0.256 e. The quantitative estimate of drug-likeness (QED) is 0.709. The Morgan fingerprint density at radius 2 is 2.05 bits per heavy atom. The molecule has 0 bridgehead atoms. The van der Waals surface area contributed by atoms with Gasteiger partial charge < -0.3 is 14.8 Å². The van der Waals surface area contributed by atoms with Gasteiger partial charge in [0.15, 0.2) is 5.60 Å². The number of rotatable bonds is 0. The summed E-state index contributed by atoms with van der Waals surface area (Å²) in [5, 5.41) is 2.98. The van der Waals surface area contributed by atoms with Crippen molar-refractivity contribution in [3.63, 3.8) is 0 Å². The van der Waals surface area contributed by atoms with Crippen molar-refractivity contribution < 1.29 is 14.3 Å². The molecule has 1 N–H and O–H groups in total. The van der Waals surface area contributed by atoms with Crippen LogP contribution in [0.5, 0.6) is 5.75 Å². The fourth-order valence-electron chi connectivity index (χ4n) is 4.65. The van der Waals surface area contributed by atoms with Gasteiger partial charge in [0, 0.05) is 12.1 Å². The van der Waals surface area contributed by atoms with Gasteiger partial charge in [-0.25, -0.2) is 0 Å². The Kier molecular flexibility index (Phi) is 1.60. The van der Waals surface area contributed by atoms with E-state index in [1.807, 2.05) is 18.2 Å². The molecule has 1 amide bonds. The third kappa shape index (κ3) is 0.910. The highest BCUT2D eigenvalue weighted by molar-refractivity contribution is 5.93. The van der Waals surface area contributed by atoms with Crippen LogP contribution in [-0.2, 0) is 14.9 Å². The molecule has 2 saturated heterocycles. The molecular formula is C15H15NO3. The summed E-state index contributed by atoms with van der Waals surface area (Å²) in [6, 6.07) is 8.15. The molecule has 0 aromatic heterocycles. The molecule has 0 radical (unpaired) electrons. The molecule has 3 aliphatic heterocycles. The molecule has 4 unspecified atom stereocenters. The van der Waals surface area contributed by atoms with Gasteiger partial charge in [-0.15, -0.1) is 0 Å². The first-order valence-electron chi connectivity index (χ1n) is 7.01. The van der Waals surface area contributed by atoms with Crippen molar-refractivity contribution in [2.24, 2.45) is 0 Å². The van der Waals surface area contributed by atoms with E-state index in [0.29, 0.717) is 6.54 Å². The molecule has 4 heteroatoms. The Morgan fingerprint density at radius 1 is 1.21 bits per heavy atom. The number of benzene rings is 1. The van der Waals surface area contributed by atoms with Crippen LogP contribution in [0.25, 0.3) is 0 Å². The highest BCUT2D eigenvalue weighted by atomic mass is 16.6. The van der Waals surface area contributed by atoms with Crippen LogP contribution in [0, 0.1) is 0 Å². The molecule has 2 spiro atoms. The standard InChI is InChI=1S/C15H15NO3/c17-13-15-12(19-15)6-5-11-14(15,7-8-16-13)9-3-1-2-4-10(9)18-11/h1-4,11-12H,5-8H2,(H,16,17). The first-order valence-corrected chi connectivity index (χ1v) is 7.01. The molecule has 1 saturated carbocycles. The van der Waals surface area contributed by atoms with E-state index in [0.717, 1.165) is 25.0 Å². The van der Waals surface area contributed by atoms with Crippen molar-refractivity contribution in [1.29, 1.82) is 0 Å². The van der Waals surface area contributed by atoms with E-state index in [2.05, 4.69) is 11.4 Å². The second-order valence-corrected chi connectivity index (χ2v) is 6.00. The van der Waals surface area contributed by atoms with Gasteiger partial charge in [0.25, 0.3) is 5.91 Å². The maximum Gasteiger partial charge on any atom is 0.256 e. The van der Waals surface area contributed by atoms with Crippen LogP contribution < -0.4 is 10.1 Å². The summed E-state index contributed by atoms with van der Waals surface area (Å²) < 4.78 is 12.1. The van der Waals surface area contributed by atoms with Gasteiger partial charge in [0.05, 0.1) is 11.5 Å². The zero-order valence-corrected chi connectivity index (χ0v) is 10.5. The van der Waals surface area contributed by atoms with Crippen molar-refractivity contribution in [3.8, 4) is 5.75 Å². The van der Waals surface area contributed by atoms with Crippen LogP contribution in [0.2, 0.25) is 0 Å². The zero-order valence-electron chi connectivity index (χ0n) is 10.5. The van der Waals surface area contributed by atoms with Gasteiger partial charge in [-0.1, -0.05) is 18.2 Å². The van der Waals surface area contributed by atoms with E-state index in [9.17, 15) is 4.79 Å². The Bertz CT molecular complexity index is 601. The molecule has 19 heavy (non-hydrogen) atoms. The minimum Gasteiger partial charge on any atom is -0.489 e. The van der Waals surface area contributed by atoms with Crippen LogP contribution in [0.4, 0.5) is 0 Å². The normalized spacial score (nSPS) is 45.2. The van der Waals surface area contributed by atoms with Gasteiger partial charge in [0.2, 0.25) is 0 Å². The SMILES string of the molecule is O=C1NCCC23c4ccccc4OC2CCC2OC123. The molecule has 4 aliphatic rings. The highest BCUT2D eigenvalue weighted by Gasteiger charge is 2.81. The molecular weight excluding hydrogens is 242 g/mol. The maximum atomic E-state index is 12.4. The molecule has 5 rings (SSSR count). The van der Waals surface area contributed by atoms with Gasteiger partial charge >= 0.3 is 0 Å². The first-order chi connectivity index (χ1) is 9.29. The molecule has 4 atom stereocenters. The fraction of sp³-hybridized carbons (Fsp3) is 0.533. The number of hydrogen-bond donors (Lipinski definition) is 1. The summed E-state index contributed by atoms with van der Waals surface area (Å²) in [7, 11) is 0. The van der Waals surface area contributed by atoms with E-state index in [1.54, 1.807) is 0 Å². The molecule has 3 heterocycles. The summed E-state index contributed by atoms with van der Waals surface area (Å²) in [6.07, 6.45) is 2.99. The lowest BCUT2D eigenvalue weighted by Gasteiger charge is -2.44. The average Bonchev–Trinajstić information content (AvgIpc) is 3.09. The largest absolute Gasteiger partial charge is 0.489 e. The summed E-state index contributed by atoms with van der Waals surface area (Å²) in [4.78, 5) is 12.4. The minimum atomic E-state index is -0.652. The predicted molar refractivity (Wildman–Crippen MR) is 67.0 cm³/mol. The van der Waals surface area contributed by atoms with Gasteiger partial charge in [-0.3, -0.25) is 4.79 Å². The Labute approximate surface area is 111 Å². The lowest BCUT2D eigenvalue weighted by atomic mass is 9.58. The minimum absolute atomic E-state index is 0.0637. The third-order valence-electron chi connectivity index (χ3n) is 5.41. The summed E-state index contributed by atoms with van der Waals surface area (Å²) in [5.74, 6) is 1.01. The number of epoxide rings is 1. The number of ether oxygens (including phenoxy) is 2. The van der Waals surface area contributed by atoms with Crippen LogP contribution in [0.15, 0.2) is 24.3 Å². The molecule has 1 aromatic rings. The van der Waals surface area contributed by atoms with E-state index in [-0.39, 0.29) is 23.5 Å². The molecule has 3 fully saturated rings. The number of para-hydroxylation sites is 1.